The number of aromatic nitrogens is 3. The van der Waals surface area contributed by atoms with Crippen LogP contribution < -0.4 is 5.56 Å². The quantitative estimate of drug-likeness (QED) is 0.807. The average molecular weight is 296 g/mol. The van der Waals surface area contributed by atoms with Crippen LogP contribution in [0, 0.1) is 13.8 Å². The van der Waals surface area contributed by atoms with Gasteiger partial charge < -0.3 is 4.90 Å². The van der Waals surface area contributed by atoms with Gasteiger partial charge >= 0.3 is 0 Å². The van der Waals surface area contributed by atoms with E-state index in [4.69, 9.17) is 4.98 Å². The molecule has 0 saturated heterocycles. The predicted octanol–water partition coefficient (Wildman–Crippen LogP) is 2.37. The topological polar surface area (TPSA) is 53.4 Å². The van der Waals surface area contributed by atoms with Crippen molar-refractivity contribution in [1.29, 1.82) is 0 Å². The van der Waals surface area contributed by atoms with Crippen LogP contribution in [0.2, 0.25) is 0 Å². The molecule has 0 fully saturated rings. The van der Waals surface area contributed by atoms with E-state index in [2.05, 4.69) is 10.00 Å². The molecular weight excluding hydrogens is 276 g/mol. The standard InChI is InChI=1S/C17H20N4O/c1-11-14(10-20(3)4)16-18-12(2)15(17(22)21(16)19-11)13-8-6-5-7-9-13/h5-9,19H,10H2,1-4H3. The Kier molecular flexibility index (Phi) is 3.58. The highest BCUT2D eigenvalue weighted by molar-refractivity contribution is 5.67. The lowest BCUT2D eigenvalue weighted by atomic mass is 10.1. The molecule has 3 aromatic rings. The van der Waals surface area contributed by atoms with E-state index in [9.17, 15) is 4.79 Å². The number of hydrogen-bond acceptors (Lipinski definition) is 3. The molecule has 0 aliphatic rings. The van der Waals surface area contributed by atoms with Gasteiger partial charge in [-0.25, -0.2) is 9.50 Å². The molecule has 1 N–H and O–H groups in total. The number of nitrogens with zero attached hydrogens (tertiary/aromatic N) is 3. The monoisotopic (exact) mass is 296 g/mol. The molecule has 2 heterocycles. The van der Waals surface area contributed by atoms with Crippen molar-refractivity contribution >= 4 is 5.65 Å². The number of aryl methyl sites for hydroxylation is 2. The molecule has 0 spiro atoms. The predicted molar refractivity (Wildman–Crippen MR) is 88.1 cm³/mol. The fourth-order valence-electron chi connectivity index (χ4n) is 2.78. The van der Waals surface area contributed by atoms with Gasteiger partial charge in [0, 0.05) is 17.8 Å². The van der Waals surface area contributed by atoms with Gasteiger partial charge in [-0.15, -0.1) is 0 Å². The third-order valence-corrected chi connectivity index (χ3v) is 3.80. The van der Waals surface area contributed by atoms with E-state index in [1.165, 1.54) is 0 Å². The second kappa shape index (κ2) is 5.42. The van der Waals surface area contributed by atoms with E-state index in [0.29, 0.717) is 11.2 Å². The van der Waals surface area contributed by atoms with Gasteiger partial charge in [-0.3, -0.25) is 9.89 Å². The van der Waals surface area contributed by atoms with Crippen molar-refractivity contribution in [2.45, 2.75) is 20.4 Å². The Balaban J connectivity index is 2.30. The largest absolute Gasteiger partial charge is 0.305 e. The molecule has 0 bridgehead atoms. The van der Waals surface area contributed by atoms with Gasteiger partial charge in [0.05, 0.1) is 11.3 Å². The van der Waals surface area contributed by atoms with Crippen LogP contribution in [0.3, 0.4) is 0 Å². The minimum Gasteiger partial charge on any atom is -0.305 e. The van der Waals surface area contributed by atoms with E-state index >= 15 is 0 Å². The maximum absolute atomic E-state index is 12.9. The fourth-order valence-corrected chi connectivity index (χ4v) is 2.78. The van der Waals surface area contributed by atoms with Crippen LogP contribution >= 0.6 is 0 Å². The number of H-pyrrole nitrogens is 1. The van der Waals surface area contributed by atoms with Crippen molar-refractivity contribution in [3.05, 3.63) is 57.6 Å². The average Bonchev–Trinajstić information content (AvgIpc) is 2.77. The summed E-state index contributed by atoms with van der Waals surface area (Å²) in [5.74, 6) is 0. The van der Waals surface area contributed by atoms with Crippen molar-refractivity contribution in [2.75, 3.05) is 14.1 Å². The summed E-state index contributed by atoms with van der Waals surface area (Å²) in [5, 5.41) is 3.15. The van der Waals surface area contributed by atoms with E-state index in [1.54, 1.807) is 4.52 Å². The Labute approximate surface area is 129 Å². The highest BCUT2D eigenvalue weighted by Crippen LogP contribution is 2.21. The summed E-state index contributed by atoms with van der Waals surface area (Å²) >= 11 is 0. The molecule has 0 radical (unpaired) electrons. The second-order valence-corrected chi connectivity index (χ2v) is 5.86. The number of nitrogens with one attached hydrogen (secondary N) is 1. The van der Waals surface area contributed by atoms with Crippen LogP contribution in [0.25, 0.3) is 16.8 Å². The molecule has 3 rings (SSSR count). The molecule has 2 aromatic heterocycles. The zero-order chi connectivity index (χ0) is 15.9. The number of fused-ring (bicyclic) bond motifs is 1. The van der Waals surface area contributed by atoms with Crippen LogP contribution in [-0.2, 0) is 6.54 Å². The van der Waals surface area contributed by atoms with Crippen molar-refractivity contribution in [2.24, 2.45) is 0 Å². The van der Waals surface area contributed by atoms with E-state index in [1.807, 2.05) is 58.3 Å². The van der Waals surface area contributed by atoms with Gasteiger partial charge in [-0.05, 0) is 33.5 Å². The smallest absolute Gasteiger partial charge is 0.280 e. The number of rotatable bonds is 3. The van der Waals surface area contributed by atoms with Gasteiger partial charge in [-0.1, -0.05) is 30.3 Å². The molecular formula is C17H20N4O. The minimum absolute atomic E-state index is 0.0539. The molecule has 0 saturated carbocycles. The first kappa shape index (κ1) is 14.5. The lowest BCUT2D eigenvalue weighted by molar-refractivity contribution is 0.403. The van der Waals surface area contributed by atoms with Gasteiger partial charge in [-0.2, -0.15) is 0 Å². The maximum atomic E-state index is 12.9. The Bertz CT molecular complexity index is 875. The highest BCUT2D eigenvalue weighted by atomic mass is 16.1. The SMILES string of the molecule is Cc1nc2c(CN(C)C)c(C)[nH]n2c(=O)c1-c1ccccc1. The lowest BCUT2D eigenvalue weighted by Crippen LogP contribution is -2.19. The van der Waals surface area contributed by atoms with Gasteiger partial charge in [0.2, 0.25) is 0 Å². The van der Waals surface area contributed by atoms with Crippen LogP contribution in [0.15, 0.2) is 35.1 Å². The Morgan fingerprint density at radius 1 is 1.18 bits per heavy atom. The van der Waals surface area contributed by atoms with Crippen LogP contribution in [0.5, 0.6) is 0 Å². The summed E-state index contributed by atoms with van der Waals surface area (Å²) in [6.07, 6.45) is 0. The Morgan fingerprint density at radius 2 is 1.86 bits per heavy atom. The maximum Gasteiger partial charge on any atom is 0.280 e. The molecule has 0 unspecified atom stereocenters. The first-order chi connectivity index (χ1) is 10.5. The number of hydrogen-bond donors (Lipinski definition) is 1. The summed E-state index contributed by atoms with van der Waals surface area (Å²) in [7, 11) is 4.01. The minimum atomic E-state index is -0.0539. The number of benzene rings is 1. The molecule has 0 atom stereocenters. The van der Waals surface area contributed by atoms with E-state index in [-0.39, 0.29) is 5.56 Å². The van der Waals surface area contributed by atoms with Crippen LogP contribution in [-0.4, -0.2) is 33.6 Å². The Hall–Kier alpha value is -2.40. The van der Waals surface area contributed by atoms with Crippen molar-refractivity contribution in [3.63, 3.8) is 0 Å². The van der Waals surface area contributed by atoms with E-state index in [0.717, 1.165) is 29.1 Å². The summed E-state index contributed by atoms with van der Waals surface area (Å²) in [6.45, 7) is 4.62. The van der Waals surface area contributed by atoms with E-state index < -0.39 is 0 Å². The van der Waals surface area contributed by atoms with Crippen LogP contribution in [0.1, 0.15) is 17.0 Å². The highest BCUT2D eigenvalue weighted by Gasteiger charge is 2.17. The van der Waals surface area contributed by atoms with Gasteiger partial charge in [0.25, 0.3) is 5.56 Å². The lowest BCUT2D eigenvalue weighted by Gasteiger charge is -2.09. The summed E-state index contributed by atoms with van der Waals surface area (Å²) in [4.78, 5) is 19.6. The fraction of sp³-hybridized carbons (Fsp3) is 0.294. The zero-order valence-corrected chi connectivity index (χ0v) is 13.3. The third-order valence-electron chi connectivity index (χ3n) is 3.80. The molecule has 1 aromatic carbocycles. The molecule has 0 aliphatic carbocycles. The third kappa shape index (κ3) is 2.33. The Morgan fingerprint density at radius 3 is 2.50 bits per heavy atom. The summed E-state index contributed by atoms with van der Waals surface area (Å²) in [5.41, 5.74) is 5.00. The van der Waals surface area contributed by atoms with Crippen LogP contribution in [0.4, 0.5) is 0 Å². The molecule has 5 heteroatoms. The summed E-state index contributed by atoms with van der Waals surface area (Å²) < 4.78 is 1.56. The zero-order valence-electron chi connectivity index (χ0n) is 13.3. The summed E-state index contributed by atoms with van der Waals surface area (Å²) in [6, 6.07) is 9.68. The number of aromatic amines is 1. The first-order valence-electron chi connectivity index (χ1n) is 7.30. The second-order valence-electron chi connectivity index (χ2n) is 5.86. The molecule has 5 nitrogen and oxygen atoms in total. The van der Waals surface area contributed by atoms with Gasteiger partial charge in [0.1, 0.15) is 0 Å². The van der Waals surface area contributed by atoms with Gasteiger partial charge in [0.15, 0.2) is 5.65 Å². The molecule has 0 amide bonds. The van der Waals surface area contributed by atoms with Crippen molar-refractivity contribution in [1.82, 2.24) is 19.5 Å². The molecule has 22 heavy (non-hydrogen) atoms. The van der Waals surface area contributed by atoms with Crippen molar-refractivity contribution < 1.29 is 0 Å². The van der Waals surface area contributed by atoms with Crippen molar-refractivity contribution in [3.8, 4) is 11.1 Å². The normalized spacial score (nSPS) is 11.5. The first-order valence-corrected chi connectivity index (χ1v) is 7.30. The molecule has 114 valence electrons. The molecule has 0 aliphatic heterocycles.